The number of nitrogens with zero attached hydrogens (tertiary/aromatic N) is 5. The van der Waals surface area contributed by atoms with E-state index < -0.39 is 8.32 Å². The van der Waals surface area contributed by atoms with Crippen molar-refractivity contribution in [3.05, 3.63) is 29.1 Å². The Bertz CT molecular complexity index is 1430. The molecule has 44 heavy (non-hydrogen) atoms. The van der Waals surface area contributed by atoms with Gasteiger partial charge in [-0.1, -0.05) is 20.8 Å². The number of piperazine rings is 1. The number of fused-ring (bicyclic) bond motifs is 1. The molecule has 0 unspecified atom stereocenters. The summed E-state index contributed by atoms with van der Waals surface area (Å²) in [6, 6.07) is 4.34. The SMILES string of the molecule is Cn1c(C(=O)N2CCN([C@H]3CC[C@H](O[Si](C)(C)C(C)(C)C)CC3)C(=O)C2)nc2c(C(=O)N3CCCCC3)cc(C3CC3)cc21. The van der Waals surface area contributed by atoms with E-state index in [4.69, 9.17) is 9.41 Å². The Kier molecular flexibility index (Phi) is 8.45. The molecule has 2 aromatic rings. The zero-order valence-corrected chi connectivity index (χ0v) is 28.7. The second-order valence-electron chi connectivity index (χ2n) is 15.2. The molecule has 3 amide bonds. The van der Waals surface area contributed by atoms with E-state index in [2.05, 4.69) is 39.9 Å². The first-order valence-corrected chi connectivity index (χ1v) is 19.8. The van der Waals surface area contributed by atoms with E-state index in [1.807, 2.05) is 27.5 Å². The molecular formula is C34H51N5O4Si. The average molecular weight is 622 g/mol. The van der Waals surface area contributed by atoms with Crippen LogP contribution in [0.5, 0.6) is 0 Å². The van der Waals surface area contributed by atoms with Gasteiger partial charge in [-0.05, 0) is 99.5 Å². The molecule has 240 valence electrons. The van der Waals surface area contributed by atoms with Crippen LogP contribution in [0.1, 0.15) is 111 Å². The van der Waals surface area contributed by atoms with Crippen LogP contribution in [0.4, 0.5) is 0 Å². The standard InChI is InChI=1S/C34H51N5O4Si/c1-34(2,3)44(5,6)43-26-14-12-25(13-15-26)39-19-18-38(22-29(39)40)33(42)31-35-30-27(32(41)37-16-8-7-9-17-37)20-24(23-10-11-23)21-28(30)36(31)4/h20-21,23,25-26H,7-19,22H2,1-6H3/t25-,26-. The van der Waals surface area contributed by atoms with Crippen LogP contribution in [0.3, 0.4) is 0 Å². The fourth-order valence-electron chi connectivity index (χ4n) is 7.04. The molecule has 9 nitrogen and oxygen atoms in total. The molecule has 4 fully saturated rings. The highest BCUT2D eigenvalue weighted by atomic mass is 28.4. The molecule has 2 aliphatic carbocycles. The van der Waals surface area contributed by atoms with Gasteiger partial charge in [-0.15, -0.1) is 0 Å². The fourth-order valence-corrected chi connectivity index (χ4v) is 8.46. The molecule has 0 spiro atoms. The summed E-state index contributed by atoms with van der Waals surface area (Å²) in [4.78, 5) is 51.3. The van der Waals surface area contributed by atoms with Crippen molar-refractivity contribution in [1.82, 2.24) is 24.3 Å². The summed E-state index contributed by atoms with van der Waals surface area (Å²) in [5.41, 5.74) is 3.18. The number of imidazole rings is 1. The first kappa shape index (κ1) is 31.3. The number of rotatable bonds is 6. The van der Waals surface area contributed by atoms with Crippen LogP contribution in [0, 0.1) is 0 Å². The summed E-state index contributed by atoms with van der Waals surface area (Å²) in [5.74, 6) is 0.551. The Balaban J connectivity index is 1.14. The van der Waals surface area contributed by atoms with Crippen LogP contribution in [0.15, 0.2) is 12.1 Å². The predicted octanol–water partition coefficient (Wildman–Crippen LogP) is 5.69. The largest absolute Gasteiger partial charge is 0.414 e. The smallest absolute Gasteiger partial charge is 0.290 e. The van der Waals surface area contributed by atoms with Gasteiger partial charge in [0.05, 0.1) is 11.1 Å². The average Bonchev–Trinajstić information content (AvgIpc) is 3.79. The third kappa shape index (κ3) is 6.08. The van der Waals surface area contributed by atoms with Crippen molar-refractivity contribution in [2.75, 3.05) is 32.7 Å². The first-order valence-electron chi connectivity index (χ1n) is 16.9. The van der Waals surface area contributed by atoms with Crippen molar-refractivity contribution in [1.29, 1.82) is 0 Å². The highest BCUT2D eigenvalue weighted by Gasteiger charge is 2.41. The van der Waals surface area contributed by atoms with Crippen molar-refractivity contribution in [3.8, 4) is 0 Å². The highest BCUT2D eigenvalue weighted by Crippen LogP contribution is 2.42. The van der Waals surface area contributed by atoms with E-state index in [0.717, 1.165) is 82.0 Å². The molecule has 4 aliphatic rings. The lowest BCUT2D eigenvalue weighted by atomic mass is 9.91. The van der Waals surface area contributed by atoms with Gasteiger partial charge in [0.2, 0.25) is 5.91 Å². The molecule has 1 aromatic carbocycles. The lowest BCUT2D eigenvalue weighted by molar-refractivity contribution is -0.138. The van der Waals surface area contributed by atoms with Gasteiger partial charge in [-0.3, -0.25) is 14.4 Å². The number of aromatic nitrogens is 2. The topological polar surface area (TPSA) is 88.0 Å². The lowest BCUT2D eigenvalue weighted by Crippen LogP contribution is -2.56. The van der Waals surface area contributed by atoms with E-state index >= 15 is 0 Å². The molecule has 0 radical (unpaired) electrons. The van der Waals surface area contributed by atoms with Gasteiger partial charge in [-0.25, -0.2) is 4.98 Å². The Hall–Kier alpha value is -2.72. The number of amides is 3. The number of likely N-dealkylation sites (tertiary alicyclic amines) is 1. The van der Waals surface area contributed by atoms with Crippen molar-refractivity contribution >= 4 is 37.1 Å². The van der Waals surface area contributed by atoms with Crippen molar-refractivity contribution < 1.29 is 18.8 Å². The predicted molar refractivity (Wildman–Crippen MR) is 174 cm³/mol. The molecule has 2 saturated carbocycles. The summed E-state index contributed by atoms with van der Waals surface area (Å²) >= 11 is 0. The number of aryl methyl sites for hydroxylation is 1. The van der Waals surface area contributed by atoms with Crippen LogP contribution in [0.25, 0.3) is 11.0 Å². The van der Waals surface area contributed by atoms with E-state index in [0.29, 0.717) is 35.9 Å². The molecule has 3 heterocycles. The highest BCUT2D eigenvalue weighted by molar-refractivity contribution is 6.74. The number of hydrogen-bond donors (Lipinski definition) is 0. The van der Waals surface area contributed by atoms with E-state index in [9.17, 15) is 14.4 Å². The summed E-state index contributed by atoms with van der Waals surface area (Å²) < 4.78 is 8.50. The monoisotopic (exact) mass is 621 g/mol. The van der Waals surface area contributed by atoms with Crippen molar-refractivity contribution in [2.24, 2.45) is 7.05 Å². The number of hydrogen-bond acceptors (Lipinski definition) is 5. The van der Waals surface area contributed by atoms with Gasteiger partial charge < -0.3 is 23.7 Å². The second kappa shape index (κ2) is 11.9. The second-order valence-corrected chi connectivity index (χ2v) is 19.9. The Morgan fingerprint density at radius 1 is 0.886 bits per heavy atom. The zero-order chi connectivity index (χ0) is 31.4. The first-order chi connectivity index (χ1) is 20.8. The number of carbonyl (C=O) groups is 3. The molecule has 2 aliphatic heterocycles. The van der Waals surface area contributed by atoms with Crippen LogP contribution < -0.4 is 0 Å². The third-order valence-electron chi connectivity index (χ3n) is 11.0. The minimum absolute atomic E-state index is 0.00844. The van der Waals surface area contributed by atoms with E-state index in [1.165, 1.54) is 0 Å². The van der Waals surface area contributed by atoms with Gasteiger partial charge in [0.15, 0.2) is 14.1 Å². The molecule has 0 bridgehead atoms. The summed E-state index contributed by atoms with van der Waals surface area (Å²) in [7, 11) is 0.0407. The number of carbonyl (C=O) groups excluding carboxylic acids is 3. The number of benzene rings is 1. The van der Waals surface area contributed by atoms with Gasteiger partial charge in [0.25, 0.3) is 11.8 Å². The van der Waals surface area contributed by atoms with Crippen molar-refractivity contribution in [3.63, 3.8) is 0 Å². The molecule has 1 aromatic heterocycles. The van der Waals surface area contributed by atoms with Crippen LogP contribution >= 0.6 is 0 Å². The van der Waals surface area contributed by atoms with Gasteiger partial charge >= 0.3 is 0 Å². The Morgan fingerprint density at radius 2 is 1.57 bits per heavy atom. The Morgan fingerprint density at radius 3 is 2.18 bits per heavy atom. The van der Waals surface area contributed by atoms with Gasteiger partial charge in [0.1, 0.15) is 12.1 Å². The number of piperidine rings is 1. The Labute approximate surface area is 263 Å². The zero-order valence-electron chi connectivity index (χ0n) is 27.7. The maximum atomic E-state index is 13.9. The molecule has 2 saturated heterocycles. The molecular weight excluding hydrogens is 570 g/mol. The summed E-state index contributed by atoms with van der Waals surface area (Å²) in [6.07, 6.45) is 9.58. The normalized spacial score (nSPS) is 23.9. The van der Waals surface area contributed by atoms with Crippen LogP contribution in [-0.2, 0) is 16.3 Å². The quantitative estimate of drug-likeness (QED) is 0.387. The molecule has 0 N–H and O–H groups in total. The van der Waals surface area contributed by atoms with E-state index in [-0.39, 0.29) is 41.5 Å². The van der Waals surface area contributed by atoms with Crippen molar-refractivity contribution in [2.45, 2.75) is 115 Å². The molecule has 0 atom stereocenters. The van der Waals surface area contributed by atoms with E-state index in [1.54, 1.807) is 4.90 Å². The minimum atomic E-state index is -1.82. The van der Waals surface area contributed by atoms with Crippen LogP contribution in [-0.4, -0.2) is 95.2 Å². The fraction of sp³-hybridized carbons (Fsp3) is 0.706. The molecule has 6 rings (SSSR count). The summed E-state index contributed by atoms with van der Waals surface area (Å²) in [5, 5.41) is 0.186. The summed E-state index contributed by atoms with van der Waals surface area (Å²) in [6.45, 7) is 14.1. The third-order valence-corrected chi connectivity index (χ3v) is 15.6. The maximum Gasteiger partial charge on any atom is 0.290 e. The lowest BCUT2D eigenvalue weighted by Gasteiger charge is -2.44. The van der Waals surface area contributed by atoms with Gasteiger partial charge in [-0.2, -0.15) is 0 Å². The van der Waals surface area contributed by atoms with Gasteiger partial charge in [0, 0.05) is 45.4 Å². The minimum Gasteiger partial charge on any atom is -0.414 e. The van der Waals surface area contributed by atoms with Crippen LogP contribution in [0.2, 0.25) is 18.1 Å². The maximum absolute atomic E-state index is 13.9. The molecule has 10 heteroatoms.